The molecule has 1 atom stereocenters. The Kier molecular flexibility index (Phi) is 6.36. The third kappa shape index (κ3) is 4.63. The van der Waals surface area contributed by atoms with Gasteiger partial charge in [-0.1, -0.05) is 11.6 Å². The fourth-order valence-corrected chi connectivity index (χ4v) is 5.98. The number of imide groups is 1. The van der Waals surface area contributed by atoms with Crippen molar-refractivity contribution >= 4 is 45.0 Å². The van der Waals surface area contributed by atoms with Crippen LogP contribution in [0, 0.1) is 6.92 Å². The minimum absolute atomic E-state index is 0.106. The number of likely N-dealkylation sites (tertiary alicyclic amines) is 1. The van der Waals surface area contributed by atoms with Crippen molar-refractivity contribution in [2.24, 2.45) is 0 Å². The summed E-state index contributed by atoms with van der Waals surface area (Å²) in [7, 11) is 0. The number of carbonyl (C=O) groups excluding carboxylic acids is 2. The van der Waals surface area contributed by atoms with Gasteiger partial charge in [-0.3, -0.25) is 19.5 Å². The van der Waals surface area contributed by atoms with E-state index < -0.39 is 0 Å². The van der Waals surface area contributed by atoms with Crippen molar-refractivity contribution in [1.29, 1.82) is 0 Å². The van der Waals surface area contributed by atoms with Crippen LogP contribution in [0.25, 0.3) is 21.3 Å². The van der Waals surface area contributed by atoms with Crippen LogP contribution in [0.15, 0.2) is 30.5 Å². The molecule has 5 rings (SSSR count). The van der Waals surface area contributed by atoms with Gasteiger partial charge in [-0.05, 0) is 62.6 Å². The van der Waals surface area contributed by atoms with Crippen LogP contribution in [0.5, 0.6) is 5.75 Å². The van der Waals surface area contributed by atoms with E-state index in [-0.39, 0.29) is 17.9 Å². The van der Waals surface area contributed by atoms with Gasteiger partial charge in [0.05, 0.1) is 16.8 Å². The number of aryl methyl sites for hydroxylation is 1. The summed E-state index contributed by atoms with van der Waals surface area (Å²) in [5.74, 6) is 0.632. The van der Waals surface area contributed by atoms with E-state index in [4.69, 9.17) is 16.3 Å². The Morgan fingerprint density at radius 1 is 1.18 bits per heavy atom. The van der Waals surface area contributed by atoms with Gasteiger partial charge in [-0.25, -0.2) is 0 Å². The first-order valence-corrected chi connectivity index (χ1v) is 12.6. The number of halogens is 1. The average molecular weight is 484 g/mol. The van der Waals surface area contributed by atoms with Crippen LogP contribution < -0.4 is 10.1 Å². The number of thiophene rings is 1. The number of amides is 2. The molecule has 3 aromatic rings. The molecule has 2 aromatic heterocycles. The quantitative estimate of drug-likeness (QED) is 0.511. The van der Waals surface area contributed by atoms with Crippen molar-refractivity contribution in [2.45, 2.75) is 51.7 Å². The molecule has 0 aliphatic carbocycles. The van der Waals surface area contributed by atoms with E-state index in [1.165, 1.54) is 4.90 Å². The molecule has 2 amide bonds. The van der Waals surface area contributed by atoms with E-state index in [1.54, 1.807) is 17.5 Å². The predicted molar refractivity (Wildman–Crippen MR) is 131 cm³/mol. The lowest BCUT2D eigenvalue weighted by atomic mass is 10.0. The van der Waals surface area contributed by atoms with Crippen molar-refractivity contribution in [3.8, 4) is 16.9 Å². The summed E-state index contributed by atoms with van der Waals surface area (Å²) >= 11 is 8.04. The number of nitrogens with one attached hydrogen (secondary N) is 1. The molecule has 1 unspecified atom stereocenters. The Balaban J connectivity index is 1.54. The van der Waals surface area contributed by atoms with Gasteiger partial charge < -0.3 is 10.1 Å². The fraction of sp³-hybridized carbons (Fsp3) is 0.400. The fourth-order valence-electron chi connectivity index (χ4n) is 4.57. The number of benzene rings is 1. The molecule has 1 aromatic carbocycles. The molecule has 0 spiro atoms. The Morgan fingerprint density at radius 2 is 2.00 bits per heavy atom. The van der Waals surface area contributed by atoms with Crippen LogP contribution in [-0.4, -0.2) is 40.9 Å². The van der Waals surface area contributed by atoms with Gasteiger partial charge in [0.1, 0.15) is 11.9 Å². The van der Waals surface area contributed by atoms with E-state index in [2.05, 4.69) is 10.3 Å². The van der Waals surface area contributed by atoms with Gasteiger partial charge in [0.2, 0.25) is 11.8 Å². The van der Waals surface area contributed by atoms with E-state index in [0.717, 1.165) is 69.9 Å². The zero-order chi connectivity index (χ0) is 22.9. The molecule has 2 aliphatic heterocycles. The first-order chi connectivity index (χ1) is 16.0. The molecular weight excluding hydrogens is 458 g/mol. The van der Waals surface area contributed by atoms with Crippen molar-refractivity contribution < 1.29 is 14.3 Å². The van der Waals surface area contributed by atoms with Gasteiger partial charge >= 0.3 is 0 Å². The monoisotopic (exact) mass is 483 g/mol. The highest BCUT2D eigenvalue weighted by molar-refractivity contribution is 7.19. The highest BCUT2D eigenvalue weighted by Crippen LogP contribution is 2.42. The molecule has 0 bridgehead atoms. The molecule has 4 heterocycles. The van der Waals surface area contributed by atoms with Crippen molar-refractivity contribution in [3.63, 3.8) is 0 Å². The number of hydrogen-bond acceptors (Lipinski definition) is 6. The maximum Gasteiger partial charge on any atom is 0.230 e. The minimum Gasteiger partial charge on any atom is -0.488 e. The zero-order valence-electron chi connectivity index (χ0n) is 18.5. The van der Waals surface area contributed by atoms with Gasteiger partial charge in [0, 0.05) is 46.6 Å². The summed E-state index contributed by atoms with van der Waals surface area (Å²) in [5, 5.41) is 4.12. The normalized spacial score (nSPS) is 19.3. The number of hydrogen-bond donors (Lipinski definition) is 1. The summed E-state index contributed by atoms with van der Waals surface area (Å²) < 4.78 is 7.56. The molecule has 33 heavy (non-hydrogen) atoms. The van der Waals surface area contributed by atoms with Gasteiger partial charge in [-0.2, -0.15) is 0 Å². The summed E-state index contributed by atoms with van der Waals surface area (Å²) in [6.45, 7) is 4.17. The minimum atomic E-state index is -0.108. The number of fused-ring (bicyclic) bond motifs is 1. The molecule has 2 saturated heterocycles. The molecule has 172 valence electrons. The van der Waals surface area contributed by atoms with E-state index in [9.17, 15) is 9.59 Å². The topological polar surface area (TPSA) is 71.5 Å². The molecular formula is C25H26ClN3O3S. The Morgan fingerprint density at radius 3 is 2.82 bits per heavy atom. The van der Waals surface area contributed by atoms with Gasteiger partial charge in [0.25, 0.3) is 0 Å². The van der Waals surface area contributed by atoms with E-state index in [0.29, 0.717) is 24.4 Å². The predicted octanol–water partition coefficient (Wildman–Crippen LogP) is 5.10. The van der Waals surface area contributed by atoms with Crippen LogP contribution in [0.3, 0.4) is 0 Å². The molecule has 0 radical (unpaired) electrons. The smallest absolute Gasteiger partial charge is 0.230 e. The number of ether oxygens (including phenoxy) is 1. The molecule has 2 fully saturated rings. The number of carbonyl (C=O) groups is 2. The maximum absolute atomic E-state index is 12.1. The second kappa shape index (κ2) is 9.41. The second-order valence-electron chi connectivity index (χ2n) is 8.70. The highest BCUT2D eigenvalue weighted by atomic mass is 35.5. The maximum atomic E-state index is 12.1. The van der Waals surface area contributed by atoms with Gasteiger partial charge in [0.15, 0.2) is 0 Å². The molecule has 1 N–H and O–H groups in total. The van der Waals surface area contributed by atoms with Crippen LogP contribution in [0.2, 0.25) is 5.02 Å². The molecule has 6 nitrogen and oxygen atoms in total. The van der Waals surface area contributed by atoms with E-state index >= 15 is 0 Å². The average Bonchev–Trinajstić information content (AvgIpc) is 3.22. The SMILES string of the molecule is Cc1cc(Cl)cc(-c2ccnc3cc(CN4C(=O)CCC4=O)sc23)c1OC1CCCCNC1. The Labute approximate surface area is 201 Å². The number of pyridine rings is 1. The first-order valence-electron chi connectivity index (χ1n) is 11.4. The van der Waals surface area contributed by atoms with E-state index in [1.807, 2.05) is 31.2 Å². The largest absolute Gasteiger partial charge is 0.488 e. The van der Waals surface area contributed by atoms with Crippen LogP contribution in [0.1, 0.15) is 42.5 Å². The third-order valence-electron chi connectivity index (χ3n) is 6.25. The summed E-state index contributed by atoms with van der Waals surface area (Å²) in [4.78, 5) is 31.0. The van der Waals surface area contributed by atoms with Crippen molar-refractivity contribution in [3.05, 3.63) is 45.9 Å². The Hall–Kier alpha value is -2.48. The first kappa shape index (κ1) is 22.3. The summed E-state index contributed by atoms with van der Waals surface area (Å²) in [6, 6.07) is 7.84. The number of nitrogens with zero attached hydrogens (tertiary/aromatic N) is 2. The van der Waals surface area contributed by atoms with Gasteiger partial charge in [-0.15, -0.1) is 11.3 Å². The Bertz CT molecular complexity index is 1200. The lowest BCUT2D eigenvalue weighted by Gasteiger charge is -2.22. The van der Waals surface area contributed by atoms with Crippen molar-refractivity contribution in [1.82, 2.24) is 15.2 Å². The lowest BCUT2D eigenvalue weighted by Crippen LogP contribution is -2.29. The molecule has 0 saturated carbocycles. The third-order valence-corrected chi connectivity index (χ3v) is 7.61. The van der Waals surface area contributed by atoms with Crippen LogP contribution in [-0.2, 0) is 16.1 Å². The summed E-state index contributed by atoms with van der Waals surface area (Å²) in [6.07, 6.45) is 5.81. The highest BCUT2D eigenvalue weighted by Gasteiger charge is 2.29. The summed E-state index contributed by atoms with van der Waals surface area (Å²) in [5.41, 5.74) is 3.78. The zero-order valence-corrected chi connectivity index (χ0v) is 20.1. The molecule has 2 aliphatic rings. The second-order valence-corrected chi connectivity index (χ2v) is 10.3. The van der Waals surface area contributed by atoms with Crippen LogP contribution >= 0.6 is 22.9 Å². The van der Waals surface area contributed by atoms with Crippen molar-refractivity contribution in [2.75, 3.05) is 13.1 Å². The van der Waals surface area contributed by atoms with Crippen LogP contribution in [0.4, 0.5) is 0 Å². The number of rotatable bonds is 5. The number of aromatic nitrogens is 1. The lowest BCUT2D eigenvalue weighted by molar-refractivity contribution is -0.138. The standard InChI is InChI=1S/C25H26ClN3O3S/c1-15-10-16(26)11-20(24(15)32-17-4-2-3-8-27-13-17)19-7-9-28-21-12-18(33-25(19)21)14-29-22(30)5-6-23(29)31/h7,9-12,17,27H,2-6,8,13-14H2,1H3. The molecule has 8 heteroatoms.